The van der Waals surface area contributed by atoms with Gasteiger partial charge in [0.05, 0.1) is 0 Å². The molecular formula is C9H21N3. The molecule has 1 atom stereocenters. The first-order valence-electron chi connectivity index (χ1n) is 4.93. The van der Waals surface area contributed by atoms with Gasteiger partial charge >= 0.3 is 0 Å². The van der Waals surface area contributed by atoms with Crippen LogP contribution in [0.1, 0.15) is 20.3 Å². The van der Waals surface area contributed by atoms with Crippen LogP contribution in [0.2, 0.25) is 0 Å². The summed E-state index contributed by atoms with van der Waals surface area (Å²) in [5, 5.41) is 10.3. The molecule has 0 aromatic carbocycles. The van der Waals surface area contributed by atoms with E-state index in [0.717, 1.165) is 32.7 Å². The van der Waals surface area contributed by atoms with Crippen molar-refractivity contribution in [3.63, 3.8) is 0 Å². The van der Waals surface area contributed by atoms with E-state index >= 15 is 0 Å². The quantitative estimate of drug-likeness (QED) is 0.519. The van der Waals surface area contributed by atoms with Crippen molar-refractivity contribution in [3.8, 4) is 0 Å². The van der Waals surface area contributed by atoms with E-state index in [9.17, 15) is 0 Å². The van der Waals surface area contributed by atoms with Crippen molar-refractivity contribution >= 4 is 0 Å². The summed E-state index contributed by atoms with van der Waals surface area (Å²) >= 11 is 0. The summed E-state index contributed by atoms with van der Waals surface area (Å²) in [5.74, 6) is 0. The Morgan fingerprint density at radius 3 is 2.83 bits per heavy atom. The highest BCUT2D eigenvalue weighted by molar-refractivity contribution is 4.89. The van der Waals surface area contributed by atoms with Crippen LogP contribution in [-0.2, 0) is 0 Å². The zero-order chi connectivity index (χ0) is 8.86. The van der Waals surface area contributed by atoms with Crippen LogP contribution in [0.3, 0.4) is 0 Å². The summed E-state index contributed by atoms with van der Waals surface area (Å²) in [6.07, 6.45) is 1.20. The van der Waals surface area contributed by atoms with Crippen LogP contribution in [0.15, 0.2) is 0 Å². The van der Waals surface area contributed by atoms with Crippen molar-refractivity contribution in [1.82, 2.24) is 16.0 Å². The molecular weight excluding hydrogens is 150 g/mol. The number of piperazine rings is 1. The molecule has 0 aromatic heterocycles. The summed E-state index contributed by atoms with van der Waals surface area (Å²) in [5.41, 5.74) is 0.306. The van der Waals surface area contributed by atoms with Crippen molar-refractivity contribution in [2.75, 3.05) is 32.7 Å². The van der Waals surface area contributed by atoms with Crippen LogP contribution in [0.4, 0.5) is 0 Å². The number of nitrogens with one attached hydrogen (secondary N) is 3. The number of hydrogen-bond donors (Lipinski definition) is 3. The van der Waals surface area contributed by atoms with Gasteiger partial charge in [0.2, 0.25) is 0 Å². The molecule has 1 aliphatic heterocycles. The van der Waals surface area contributed by atoms with E-state index in [0.29, 0.717) is 5.54 Å². The lowest BCUT2D eigenvalue weighted by atomic mass is 9.96. The Labute approximate surface area is 75.3 Å². The molecule has 0 spiro atoms. The summed E-state index contributed by atoms with van der Waals surface area (Å²) in [6.45, 7) is 9.92. The van der Waals surface area contributed by atoms with Gasteiger partial charge in [-0.25, -0.2) is 0 Å². The summed E-state index contributed by atoms with van der Waals surface area (Å²) in [6, 6.07) is 0. The zero-order valence-electron chi connectivity index (χ0n) is 8.24. The Balaban J connectivity index is 2.17. The fourth-order valence-corrected chi connectivity index (χ4v) is 1.60. The molecule has 3 N–H and O–H groups in total. The van der Waals surface area contributed by atoms with Gasteiger partial charge in [-0.3, -0.25) is 0 Å². The van der Waals surface area contributed by atoms with E-state index in [1.165, 1.54) is 6.42 Å². The number of rotatable bonds is 4. The van der Waals surface area contributed by atoms with Crippen LogP contribution in [0, 0.1) is 0 Å². The second-order valence-corrected chi connectivity index (χ2v) is 3.77. The summed E-state index contributed by atoms with van der Waals surface area (Å²) in [7, 11) is 0. The van der Waals surface area contributed by atoms with Gasteiger partial charge in [0, 0.05) is 25.2 Å². The molecule has 12 heavy (non-hydrogen) atoms. The molecule has 72 valence electrons. The van der Waals surface area contributed by atoms with Gasteiger partial charge < -0.3 is 16.0 Å². The molecule has 0 aliphatic carbocycles. The summed E-state index contributed by atoms with van der Waals surface area (Å²) < 4.78 is 0. The minimum atomic E-state index is 0.306. The minimum Gasteiger partial charge on any atom is -0.317 e. The molecule has 1 fully saturated rings. The predicted molar refractivity (Wildman–Crippen MR) is 52.4 cm³/mol. The lowest BCUT2D eigenvalue weighted by Gasteiger charge is -2.35. The van der Waals surface area contributed by atoms with Crippen molar-refractivity contribution in [2.45, 2.75) is 25.8 Å². The normalized spacial score (nSPS) is 30.5. The Bertz CT molecular complexity index is 119. The minimum absolute atomic E-state index is 0.306. The van der Waals surface area contributed by atoms with E-state index < -0.39 is 0 Å². The average Bonchev–Trinajstić information content (AvgIpc) is 2.06. The molecule has 3 nitrogen and oxygen atoms in total. The molecule has 1 heterocycles. The van der Waals surface area contributed by atoms with Crippen LogP contribution >= 0.6 is 0 Å². The second kappa shape index (κ2) is 4.80. The lowest BCUT2D eigenvalue weighted by molar-refractivity contribution is 0.276. The highest BCUT2D eigenvalue weighted by atomic mass is 15.1. The highest BCUT2D eigenvalue weighted by Crippen LogP contribution is 2.08. The first-order chi connectivity index (χ1) is 5.77. The van der Waals surface area contributed by atoms with E-state index in [-0.39, 0.29) is 0 Å². The monoisotopic (exact) mass is 171 g/mol. The maximum absolute atomic E-state index is 3.55. The predicted octanol–water partition coefficient (Wildman–Crippen LogP) is -0.0625. The lowest BCUT2D eigenvalue weighted by Crippen LogP contribution is -2.58. The molecule has 3 heteroatoms. The van der Waals surface area contributed by atoms with Gasteiger partial charge in [-0.15, -0.1) is 0 Å². The Kier molecular flexibility index (Phi) is 3.98. The molecule has 0 bridgehead atoms. The fourth-order valence-electron chi connectivity index (χ4n) is 1.60. The second-order valence-electron chi connectivity index (χ2n) is 3.77. The number of hydrogen-bond acceptors (Lipinski definition) is 3. The third kappa shape index (κ3) is 3.09. The molecule has 0 amide bonds. The topological polar surface area (TPSA) is 36.1 Å². The van der Waals surface area contributed by atoms with Crippen LogP contribution in [0.5, 0.6) is 0 Å². The van der Waals surface area contributed by atoms with Gasteiger partial charge in [0.1, 0.15) is 0 Å². The van der Waals surface area contributed by atoms with Crippen LogP contribution in [-0.4, -0.2) is 38.3 Å². The molecule has 1 saturated heterocycles. The van der Waals surface area contributed by atoms with Gasteiger partial charge in [0.25, 0.3) is 0 Å². The van der Waals surface area contributed by atoms with E-state index in [4.69, 9.17) is 0 Å². The third-order valence-corrected chi connectivity index (χ3v) is 2.47. The van der Waals surface area contributed by atoms with Gasteiger partial charge in [0.15, 0.2) is 0 Å². The van der Waals surface area contributed by atoms with E-state index in [1.54, 1.807) is 0 Å². The smallest absolute Gasteiger partial charge is 0.0290 e. The zero-order valence-corrected chi connectivity index (χ0v) is 8.24. The van der Waals surface area contributed by atoms with E-state index in [2.05, 4.69) is 29.8 Å². The third-order valence-electron chi connectivity index (χ3n) is 2.47. The van der Waals surface area contributed by atoms with E-state index in [1.807, 2.05) is 0 Å². The van der Waals surface area contributed by atoms with Gasteiger partial charge in [-0.1, -0.05) is 6.92 Å². The Morgan fingerprint density at radius 2 is 2.25 bits per heavy atom. The van der Waals surface area contributed by atoms with Crippen LogP contribution in [0.25, 0.3) is 0 Å². The Morgan fingerprint density at radius 1 is 1.42 bits per heavy atom. The standard InChI is InChI=1S/C9H21N3/c1-3-10-5-4-9(2)8-11-6-7-12-9/h10-12H,3-8H2,1-2H3. The first-order valence-corrected chi connectivity index (χ1v) is 4.93. The first kappa shape index (κ1) is 9.96. The molecule has 0 aromatic rings. The SMILES string of the molecule is CCNCCC1(C)CNCCN1. The maximum Gasteiger partial charge on any atom is 0.0290 e. The molecule has 1 unspecified atom stereocenters. The fraction of sp³-hybridized carbons (Fsp3) is 1.00. The molecule has 1 rings (SSSR count). The van der Waals surface area contributed by atoms with Crippen molar-refractivity contribution in [2.24, 2.45) is 0 Å². The van der Waals surface area contributed by atoms with Gasteiger partial charge in [-0.2, -0.15) is 0 Å². The Hall–Kier alpha value is -0.120. The van der Waals surface area contributed by atoms with Crippen molar-refractivity contribution < 1.29 is 0 Å². The van der Waals surface area contributed by atoms with Crippen molar-refractivity contribution in [1.29, 1.82) is 0 Å². The molecule has 1 aliphatic rings. The van der Waals surface area contributed by atoms with Crippen molar-refractivity contribution in [3.05, 3.63) is 0 Å². The highest BCUT2D eigenvalue weighted by Gasteiger charge is 2.24. The maximum atomic E-state index is 3.55. The molecule has 0 radical (unpaired) electrons. The molecule has 0 saturated carbocycles. The van der Waals surface area contributed by atoms with Crippen LogP contribution < -0.4 is 16.0 Å². The van der Waals surface area contributed by atoms with Gasteiger partial charge in [-0.05, 0) is 26.4 Å². The average molecular weight is 171 g/mol. The largest absolute Gasteiger partial charge is 0.317 e. The summed E-state index contributed by atoms with van der Waals surface area (Å²) in [4.78, 5) is 0.